The molecule has 0 aliphatic rings. The van der Waals surface area contributed by atoms with Crippen molar-refractivity contribution in [1.29, 1.82) is 0 Å². The van der Waals surface area contributed by atoms with E-state index in [0.29, 0.717) is 5.92 Å². The smallest absolute Gasteiger partial charge is 0.00670 e. The van der Waals surface area contributed by atoms with Crippen molar-refractivity contribution in [3.8, 4) is 0 Å². The van der Waals surface area contributed by atoms with Gasteiger partial charge in [0.15, 0.2) is 0 Å². The molecule has 0 N–H and O–H groups in total. The Bertz CT molecular complexity index is 1050. The molecule has 0 aliphatic carbocycles. The van der Waals surface area contributed by atoms with Gasteiger partial charge in [-0.3, -0.25) is 0 Å². The van der Waals surface area contributed by atoms with E-state index >= 15 is 0 Å². The number of benzene rings is 2. The van der Waals surface area contributed by atoms with E-state index in [0.717, 1.165) is 0 Å². The predicted molar refractivity (Wildman–Crippen MR) is 173 cm³/mol. The van der Waals surface area contributed by atoms with Crippen molar-refractivity contribution in [3.63, 3.8) is 0 Å². The Balaban J connectivity index is 3.15. The maximum atomic E-state index is 2.47. The highest BCUT2D eigenvalue weighted by Crippen LogP contribution is 2.49. The van der Waals surface area contributed by atoms with Gasteiger partial charge in [-0.2, -0.15) is 0 Å². The first-order chi connectivity index (χ1) is 16.6. The van der Waals surface area contributed by atoms with Crippen LogP contribution in [0.2, 0.25) is 0 Å². The van der Waals surface area contributed by atoms with Crippen LogP contribution >= 0.6 is 0 Å². The lowest BCUT2D eigenvalue weighted by Gasteiger charge is -2.41. The van der Waals surface area contributed by atoms with E-state index in [1.807, 2.05) is 0 Å². The van der Waals surface area contributed by atoms with E-state index in [2.05, 4.69) is 156 Å². The third-order valence-corrected chi connectivity index (χ3v) is 8.02. The predicted octanol–water partition coefficient (Wildman–Crippen LogP) is 11.6. The van der Waals surface area contributed by atoms with Crippen molar-refractivity contribution in [2.45, 2.75) is 170 Å². The fraction of sp³-hybridized carbons (Fsp3) is 0.684. The maximum Gasteiger partial charge on any atom is 0.00670 e. The lowest BCUT2D eigenvalue weighted by molar-refractivity contribution is 0.487. The monoisotopic (exact) mass is 518 g/mol. The first kappa shape index (κ1) is 32.7. The highest BCUT2D eigenvalue weighted by Gasteiger charge is 2.38. The lowest BCUT2D eigenvalue weighted by Crippen LogP contribution is -2.31. The van der Waals surface area contributed by atoms with Crippen LogP contribution in [-0.2, 0) is 32.5 Å². The van der Waals surface area contributed by atoms with Gasteiger partial charge in [-0.05, 0) is 77.0 Å². The van der Waals surface area contributed by atoms with Crippen LogP contribution < -0.4 is 0 Å². The molecule has 0 heterocycles. The maximum absolute atomic E-state index is 2.47. The van der Waals surface area contributed by atoms with Gasteiger partial charge in [0.05, 0.1) is 0 Å². The van der Waals surface area contributed by atoms with Crippen LogP contribution in [0.1, 0.15) is 182 Å². The van der Waals surface area contributed by atoms with Crippen molar-refractivity contribution in [2.75, 3.05) is 0 Å². The Kier molecular flexibility index (Phi) is 8.43. The number of hydrogen-bond acceptors (Lipinski definition) is 0. The van der Waals surface area contributed by atoms with Gasteiger partial charge in [0.2, 0.25) is 0 Å². The molecule has 0 saturated heterocycles. The summed E-state index contributed by atoms with van der Waals surface area (Å²) in [5.41, 5.74) is 12.5. The summed E-state index contributed by atoms with van der Waals surface area (Å²) in [4.78, 5) is 0. The Hall–Kier alpha value is -1.56. The summed E-state index contributed by atoms with van der Waals surface area (Å²) >= 11 is 0. The van der Waals surface area contributed by atoms with Gasteiger partial charge in [-0.1, -0.05) is 156 Å². The van der Waals surface area contributed by atoms with Crippen molar-refractivity contribution >= 4 is 0 Å². The van der Waals surface area contributed by atoms with Crippen LogP contribution in [0.5, 0.6) is 0 Å². The van der Waals surface area contributed by atoms with Gasteiger partial charge in [0.25, 0.3) is 0 Å². The molecule has 0 heteroatoms. The van der Waals surface area contributed by atoms with Crippen LogP contribution in [0.3, 0.4) is 0 Å². The normalized spacial score (nSPS) is 14.4. The average Bonchev–Trinajstić information content (AvgIpc) is 2.67. The molecule has 0 aliphatic heterocycles. The summed E-state index contributed by atoms with van der Waals surface area (Å²) in [7, 11) is 0. The highest BCUT2D eigenvalue weighted by atomic mass is 14.4. The highest BCUT2D eigenvalue weighted by molar-refractivity contribution is 5.57. The Morgan fingerprint density at radius 1 is 0.342 bits per heavy atom. The second-order valence-electron chi connectivity index (χ2n) is 18.1. The second kappa shape index (κ2) is 9.82. The molecular weight excluding hydrogens is 456 g/mol. The van der Waals surface area contributed by atoms with Crippen LogP contribution in [-0.4, -0.2) is 0 Å². The topological polar surface area (TPSA) is 0 Å². The van der Waals surface area contributed by atoms with E-state index in [9.17, 15) is 0 Å². The molecule has 2 aromatic carbocycles. The standard InChI is InChI=1S/C38H62/c1-24(25-20-22-27(33(2,3)4)31(37(14,15)16)29(25)35(8,9)10)26-21-23-28(34(5,6)7)32(38(17,18)19)30(26)36(11,12)13/h20-24H,1-19H3. The SMILES string of the molecule is CC(c1ccc(C(C)(C)C)c(C(C)(C)C)c1C(C)(C)C)c1ccc(C(C)(C)C)c(C(C)(C)C)c1C(C)(C)C. The summed E-state index contributed by atoms with van der Waals surface area (Å²) in [6.45, 7) is 45.5. The molecule has 2 rings (SSSR count). The number of hydrogen-bond donors (Lipinski definition) is 0. The summed E-state index contributed by atoms with van der Waals surface area (Å²) in [5, 5.41) is 0. The van der Waals surface area contributed by atoms with Crippen LogP contribution in [0, 0.1) is 0 Å². The zero-order valence-corrected chi connectivity index (χ0v) is 28.9. The van der Waals surface area contributed by atoms with Gasteiger partial charge >= 0.3 is 0 Å². The van der Waals surface area contributed by atoms with Gasteiger partial charge < -0.3 is 0 Å². The van der Waals surface area contributed by atoms with Crippen LogP contribution in [0.4, 0.5) is 0 Å². The van der Waals surface area contributed by atoms with Crippen molar-refractivity contribution < 1.29 is 0 Å². The molecule has 0 bridgehead atoms. The third-order valence-electron chi connectivity index (χ3n) is 8.02. The number of rotatable bonds is 2. The Morgan fingerprint density at radius 2 is 0.579 bits per heavy atom. The molecule has 0 radical (unpaired) electrons. The van der Waals surface area contributed by atoms with E-state index < -0.39 is 0 Å². The molecule has 2 aromatic rings. The van der Waals surface area contributed by atoms with Crippen LogP contribution in [0.25, 0.3) is 0 Å². The fourth-order valence-corrected chi connectivity index (χ4v) is 6.55. The molecule has 38 heavy (non-hydrogen) atoms. The quantitative estimate of drug-likeness (QED) is 0.371. The first-order valence-corrected chi connectivity index (χ1v) is 15.0. The molecule has 214 valence electrons. The van der Waals surface area contributed by atoms with Crippen molar-refractivity contribution in [2.24, 2.45) is 0 Å². The zero-order chi connectivity index (χ0) is 30.0. The van der Waals surface area contributed by atoms with Gasteiger partial charge in [0, 0.05) is 5.92 Å². The van der Waals surface area contributed by atoms with Crippen LogP contribution in [0.15, 0.2) is 24.3 Å². The minimum absolute atomic E-state index is 0.0353. The zero-order valence-electron chi connectivity index (χ0n) is 28.9. The fourth-order valence-electron chi connectivity index (χ4n) is 6.55. The molecule has 0 saturated carbocycles. The largest absolute Gasteiger partial charge is 0.0579 e. The summed E-state index contributed by atoms with van der Waals surface area (Å²) in [5.74, 6) is 0.295. The summed E-state index contributed by atoms with van der Waals surface area (Å²) < 4.78 is 0. The molecule has 0 atom stereocenters. The Morgan fingerprint density at radius 3 is 0.763 bits per heavy atom. The molecule has 0 aromatic heterocycles. The van der Waals surface area contributed by atoms with E-state index in [1.54, 1.807) is 22.3 Å². The van der Waals surface area contributed by atoms with E-state index in [4.69, 9.17) is 0 Å². The van der Waals surface area contributed by atoms with Gasteiger partial charge in [-0.25, -0.2) is 0 Å². The summed E-state index contributed by atoms with van der Waals surface area (Å²) in [6.07, 6.45) is 0. The molecule has 0 fully saturated rings. The third kappa shape index (κ3) is 6.59. The molecule has 0 amide bonds. The second-order valence-corrected chi connectivity index (χ2v) is 18.1. The van der Waals surface area contributed by atoms with Gasteiger partial charge in [0.1, 0.15) is 0 Å². The lowest BCUT2D eigenvalue weighted by atomic mass is 9.63. The minimum atomic E-state index is 0.0353. The van der Waals surface area contributed by atoms with E-state index in [1.165, 1.54) is 22.3 Å². The Labute approximate surface area is 238 Å². The minimum Gasteiger partial charge on any atom is -0.0579 e. The van der Waals surface area contributed by atoms with Crippen molar-refractivity contribution in [3.05, 3.63) is 68.8 Å². The molecule has 0 spiro atoms. The molecular formula is C38H62. The van der Waals surface area contributed by atoms with Crippen molar-refractivity contribution in [1.82, 2.24) is 0 Å². The van der Waals surface area contributed by atoms with E-state index in [-0.39, 0.29) is 32.5 Å². The molecule has 0 unspecified atom stereocenters. The summed E-state index contributed by atoms with van der Waals surface area (Å²) in [6, 6.07) is 9.85. The first-order valence-electron chi connectivity index (χ1n) is 15.0. The van der Waals surface area contributed by atoms with Gasteiger partial charge in [-0.15, -0.1) is 0 Å². The average molecular weight is 519 g/mol. The molecule has 0 nitrogen and oxygen atoms in total.